The van der Waals surface area contributed by atoms with Crippen LogP contribution in [0.1, 0.15) is 19.0 Å². The zero-order valence-corrected chi connectivity index (χ0v) is 12.3. The van der Waals surface area contributed by atoms with Crippen LogP contribution in [-0.4, -0.2) is 11.5 Å². The zero-order valence-electron chi connectivity index (χ0n) is 11.5. The van der Waals surface area contributed by atoms with Gasteiger partial charge in [-0.25, -0.2) is 13.8 Å². The predicted octanol–water partition coefficient (Wildman–Crippen LogP) is 4.31. The molecule has 0 fully saturated rings. The molecule has 0 atom stereocenters. The molecule has 112 valence electrons. The van der Waals surface area contributed by atoms with Crippen LogP contribution in [0.4, 0.5) is 8.78 Å². The fraction of sp³-hybridized carbons (Fsp3) is 0.267. The van der Waals surface area contributed by atoms with E-state index in [-0.39, 0.29) is 11.6 Å². The van der Waals surface area contributed by atoms with Crippen LogP contribution < -0.4 is 10.1 Å². The van der Waals surface area contributed by atoms with Crippen molar-refractivity contribution in [2.75, 3.05) is 6.54 Å². The second-order valence-electron chi connectivity index (χ2n) is 4.43. The van der Waals surface area contributed by atoms with Gasteiger partial charge in [-0.2, -0.15) is 0 Å². The Kier molecular flexibility index (Phi) is 5.47. The van der Waals surface area contributed by atoms with Gasteiger partial charge in [-0.05, 0) is 31.2 Å². The van der Waals surface area contributed by atoms with Crippen LogP contribution in [0.15, 0.2) is 30.3 Å². The van der Waals surface area contributed by atoms with Gasteiger partial charge in [-0.1, -0.05) is 18.5 Å². The van der Waals surface area contributed by atoms with E-state index in [1.54, 1.807) is 6.07 Å². The van der Waals surface area contributed by atoms with E-state index in [1.165, 1.54) is 6.07 Å². The van der Waals surface area contributed by atoms with Gasteiger partial charge in [-0.15, -0.1) is 0 Å². The summed E-state index contributed by atoms with van der Waals surface area (Å²) in [6.45, 7) is 3.37. The Morgan fingerprint density at radius 3 is 2.81 bits per heavy atom. The number of hydrogen-bond acceptors (Lipinski definition) is 3. The maximum absolute atomic E-state index is 13.5. The fourth-order valence-corrected chi connectivity index (χ4v) is 1.87. The summed E-state index contributed by atoms with van der Waals surface area (Å²) >= 11 is 6.04. The summed E-state index contributed by atoms with van der Waals surface area (Å²) in [5.74, 6) is -1.28. The van der Waals surface area contributed by atoms with E-state index < -0.39 is 11.6 Å². The van der Waals surface area contributed by atoms with E-state index in [9.17, 15) is 8.78 Å². The molecule has 0 spiro atoms. The Labute approximate surface area is 126 Å². The second kappa shape index (κ2) is 7.33. The normalized spacial score (nSPS) is 10.7. The zero-order chi connectivity index (χ0) is 15.2. The molecule has 1 heterocycles. The standard InChI is InChI=1S/C15H15ClF2N2O/c1-2-7-19-9-13-11(16)4-6-15(20-13)21-14-8-10(17)3-5-12(14)18/h3-6,8,19H,2,7,9H2,1H3. The number of rotatable bonds is 6. The van der Waals surface area contributed by atoms with Gasteiger partial charge in [0.1, 0.15) is 5.82 Å². The monoisotopic (exact) mass is 312 g/mol. The number of pyridine rings is 1. The number of nitrogens with one attached hydrogen (secondary N) is 1. The van der Waals surface area contributed by atoms with Crippen molar-refractivity contribution in [1.82, 2.24) is 10.3 Å². The SMILES string of the molecule is CCCNCc1nc(Oc2cc(F)ccc2F)ccc1Cl. The molecular weight excluding hydrogens is 298 g/mol. The predicted molar refractivity (Wildman–Crippen MR) is 77.7 cm³/mol. The van der Waals surface area contributed by atoms with Gasteiger partial charge < -0.3 is 10.1 Å². The largest absolute Gasteiger partial charge is 0.436 e. The van der Waals surface area contributed by atoms with Gasteiger partial charge in [0.05, 0.1) is 10.7 Å². The molecular formula is C15H15ClF2N2O. The topological polar surface area (TPSA) is 34.2 Å². The van der Waals surface area contributed by atoms with Gasteiger partial charge in [0.25, 0.3) is 0 Å². The molecule has 6 heteroatoms. The maximum atomic E-state index is 13.5. The molecule has 2 aromatic rings. The van der Waals surface area contributed by atoms with E-state index in [4.69, 9.17) is 16.3 Å². The number of ether oxygens (including phenoxy) is 1. The number of benzene rings is 1. The molecule has 21 heavy (non-hydrogen) atoms. The van der Waals surface area contributed by atoms with Crippen molar-refractivity contribution >= 4 is 11.6 Å². The van der Waals surface area contributed by atoms with Crippen LogP contribution in [0.25, 0.3) is 0 Å². The smallest absolute Gasteiger partial charge is 0.219 e. The average molecular weight is 313 g/mol. The number of halogens is 3. The first-order valence-corrected chi connectivity index (χ1v) is 6.97. The maximum Gasteiger partial charge on any atom is 0.219 e. The quantitative estimate of drug-likeness (QED) is 0.807. The number of nitrogens with zero attached hydrogens (tertiary/aromatic N) is 1. The van der Waals surface area contributed by atoms with Crippen LogP contribution in [0.5, 0.6) is 11.6 Å². The second-order valence-corrected chi connectivity index (χ2v) is 4.84. The highest BCUT2D eigenvalue weighted by molar-refractivity contribution is 6.31. The van der Waals surface area contributed by atoms with Crippen molar-refractivity contribution in [3.63, 3.8) is 0 Å². The lowest BCUT2D eigenvalue weighted by molar-refractivity contribution is 0.420. The van der Waals surface area contributed by atoms with E-state index in [0.29, 0.717) is 17.3 Å². The summed E-state index contributed by atoms with van der Waals surface area (Å²) in [7, 11) is 0. The lowest BCUT2D eigenvalue weighted by Crippen LogP contribution is -2.15. The highest BCUT2D eigenvalue weighted by Gasteiger charge is 2.09. The van der Waals surface area contributed by atoms with Crippen molar-refractivity contribution in [2.45, 2.75) is 19.9 Å². The number of hydrogen-bond donors (Lipinski definition) is 1. The van der Waals surface area contributed by atoms with Crippen LogP contribution in [0.2, 0.25) is 5.02 Å². The van der Waals surface area contributed by atoms with Crippen LogP contribution in [0.3, 0.4) is 0 Å². The molecule has 2 rings (SSSR count). The Hall–Kier alpha value is -1.72. The molecule has 0 aliphatic carbocycles. The third-order valence-corrected chi connectivity index (χ3v) is 3.06. The number of aromatic nitrogens is 1. The molecule has 0 radical (unpaired) electrons. The van der Waals surface area contributed by atoms with E-state index >= 15 is 0 Å². The lowest BCUT2D eigenvalue weighted by Gasteiger charge is -2.09. The van der Waals surface area contributed by atoms with Crippen LogP contribution in [-0.2, 0) is 6.54 Å². The Balaban J connectivity index is 2.16. The van der Waals surface area contributed by atoms with E-state index in [2.05, 4.69) is 10.3 Å². The third kappa shape index (κ3) is 4.37. The van der Waals surface area contributed by atoms with Crippen molar-refractivity contribution < 1.29 is 13.5 Å². The minimum atomic E-state index is -0.654. The van der Waals surface area contributed by atoms with Crippen LogP contribution >= 0.6 is 11.6 Å². The Morgan fingerprint density at radius 1 is 1.24 bits per heavy atom. The minimum Gasteiger partial charge on any atom is -0.436 e. The molecule has 3 nitrogen and oxygen atoms in total. The van der Waals surface area contributed by atoms with Crippen molar-refractivity contribution in [3.05, 3.63) is 52.7 Å². The summed E-state index contributed by atoms with van der Waals surface area (Å²) < 4.78 is 31.9. The Morgan fingerprint density at radius 2 is 2.05 bits per heavy atom. The third-order valence-electron chi connectivity index (χ3n) is 2.72. The molecule has 0 aliphatic rings. The molecule has 1 aromatic carbocycles. The first-order valence-electron chi connectivity index (χ1n) is 6.59. The van der Waals surface area contributed by atoms with Gasteiger partial charge in [0.2, 0.25) is 5.88 Å². The summed E-state index contributed by atoms with van der Waals surface area (Å²) in [6, 6.07) is 6.13. The molecule has 1 aromatic heterocycles. The lowest BCUT2D eigenvalue weighted by atomic mass is 10.3. The highest BCUT2D eigenvalue weighted by Crippen LogP contribution is 2.26. The molecule has 0 unspecified atom stereocenters. The van der Waals surface area contributed by atoms with Gasteiger partial charge >= 0.3 is 0 Å². The van der Waals surface area contributed by atoms with Crippen molar-refractivity contribution in [3.8, 4) is 11.6 Å². The van der Waals surface area contributed by atoms with Gasteiger partial charge in [0, 0.05) is 18.7 Å². The first kappa shape index (κ1) is 15.7. The Bertz CT molecular complexity index is 623. The van der Waals surface area contributed by atoms with E-state index in [0.717, 1.165) is 31.2 Å². The summed E-state index contributed by atoms with van der Waals surface area (Å²) in [6.07, 6.45) is 0.988. The van der Waals surface area contributed by atoms with Crippen LogP contribution in [0, 0.1) is 11.6 Å². The van der Waals surface area contributed by atoms with Crippen molar-refractivity contribution in [2.24, 2.45) is 0 Å². The average Bonchev–Trinajstić information content (AvgIpc) is 2.46. The summed E-state index contributed by atoms with van der Waals surface area (Å²) in [5, 5.41) is 3.66. The fourth-order valence-electron chi connectivity index (χ4n) is 1.70. The van der Waals surface area contributed by atoms with Gasteiger partial charge in [-0.3, -0.25) is 0 Å². The van der Waals surface area contributed by atoms with Crippen molar-refractivity contribution in [1.29, 1.82) is 0 Å². The highest BCUT2D eigenvalue weighted by atomic mass is 35.5. The molecule has 0 amide bonds. The summed E-state index contributed by atoms with van der Waals surface area (Å²) in [4.78, 5) is 4.20. The van der Waals surface area contributed by atoms with Gasteiger partial charge in [0.15, 0.2) is 11.6 Å². The molecule has 1 N–H and O–H groups in total. The molecule has 0 saturated carbocycles. The molecule has 0 aliphatic heterocycles. The minimum absolute atomic E-state index is 0.164. The molecule has 0 saturated heterocycles. The summed E-state index contributed by atoms with van der Waals surface area (Å²) in [5.41, 5.74) is 0.597. The first-order chi connectivity index (χ1) is 10.1. The molecule has 0 bridgehead atoms. The van der Waals surface area contributed by atoms with E-state index in [1.807, 2.05) is 6.92 Å².